The number of halogens is 1. The van der Waals surface area contributed by atoms with Gasteiger partial charge >= 0.3 is 0 Å². The number of amides is 1. The molecule has 0 saturated carbocycles. The van der Waals surface area contributed by atoms with Gasteiger partial charge in [-0.05, 0) is 24.3 Å². The number of anilines is 3. The van der Waals surface area contributed by atoms with Crippen LogP contribution in [0.2, 0.25) is 0 Å². The summed E-state index contributed by atoms with van der Waals surface area (Å²) in [5.74, 6) is 1.01. The first kappa shape index (κ1) is 19.9. The van der Waals surface area contributed by atoms with Gasteiger partial charge in [-0.3, -0.25) is 4.79 Å². The van der Waals surface area contributed by atoms with Gasteiger partial charge in [-0.1, -0.05) is 12.1 Å². The Kier molecular flexibility index (Phi) is 6.13. The Bertz CT molecular complexity index is 984. The summed E-state index contributed by atoms with van der Waals surface area (Å²) in [5.41, 5.74) is 1.07. The molecule has 1 heterocycles. The molecule has 0 saturated heterocycles. The molecule has 0 atom stereocenters. The maximum absolute atomic E-state index is 13.7. The largest absolute Gasteiger partial charge is 0.493 e. The Morgan fingerprint density at radius 1 is 0.966 bits per heavy atom. The van der Waals surface area contributed by atoms with Gasteiger partial charge in [0.1, 0.15) is 11.6 Å². The van der Waals surface area contributed by atoms with E-state index in [9.17, 15) is 9.18 Å². The van der Waals surface area contributed by atoms with Crippen LogP contribution in [0.4, 0.5) is 21.6 Å². The second kappa shape index (κ2) is 8.92. The van der Waals surface area contributed by atoms with E-state index < -0.39 is 11.7 Å². The summed E-state index contributed by atoms with van der Waals surface area (Å²) in [5, 5.41) is 5.63. The normalized spacial score (nSPS) is 10.2. The smallest absolute Gasteiger partial charge is 0.257 e. The van der Waals surface area contributed by atoms with Gasteiger partial charge in [-0.15, -0.1) is 0 Å². The molecular formula is C21H20FN3O4. The Balaban J connectivity index is 1.75. The molecule has 8 heteroatoms. The quantitative estimate of drug-likeness (QED) is 0.621. The third-order valence-corrected chi connectivity index (χ3v) is 4.08. The van der Waals surface area contributed by atoms with Crippen LogP contribution in [0.1, 0.15) is 10.4 Å². The summed E-state index contributed by atoms with van der Waals surface area (Å²) in [4.78, 5) is 16.5. The minimum Gasteiger partial charge on any atom is -0.493 e. The van der Waals surface area contributed by atoms with E-state index in [-0.39, 0.29) is 5.69 Å². The zero-order valence-electron chi connectivity index (χ0n) is 16.2. The van der Waals surface area contributed by atoms with E-state index in [1.165, 1.54) is 39.7 Å². The van der Waals surface area contributed by atoms with Crippen molar-refractivity contribution in [1.29, 1.82) is 0 Å². The number of carbonyl (C=O) groups is 1. The lowest BCUT2D eigenvalue weighted by Crippen LogP contribution is -2.13. The zero-order valence-corrected chi connectivity index (χ0v) is 16.2. The van der Waals surface area contributed by atoms with Gasteiger partial charge in [-0.25, -0.2) is 9.37 Å². The van der Waals surface area contributed by atoms with Gasteiger partial charge in [0.2, 0.25) is 5.75 Å². The fourth-order valence-electron chi connectivity index (χ4n) is 2.66. The molecule has 0 radical (unpaired) electrons. The number of aromatic nitrogens is 1. The van der Waals surface area contributed by atoms with Crippen molar-refractivity contribution in [3.63, 3.8) is 0 Å². The van der Waals surface area contributed by atoms with Crippen LogP contribution in [0.5, 0.6) is 17.2 Å². The van der Waals surface area contributed by atoms with E-state index in [0.717, 1.165) is 0 Å². The van der Waals surface area contributed by atoms with Crippen molar-refractivity contribution in [2.45, 2.75) is 0 Å². The monoisotopic (exact) mass is 397 g/mol. The molecule has 29 heavy (non-hydrogen) atoms. The number of benzene rings is 2. The fraction of sp³-hybridized carbons (Fsp3) is 0.143. The summed E-state index contributed by atoms with van der Waals surface area (Å²) in [6.45, 7) is 0. The highest BCUT2D eigenvalue weighted by Gasteiger charge is 2.14. The number of methoxy groups -OCH3 is 3. The number of hydrogen-bond donors (Lipinski definition) is 2. The third-order valence-electron chi connectivity index (χ3n) is 4.08. The number of carbonyl (C=O) groups excluding carboxylic acids is 1. The topological polar surface area (TPSA) is 81.7 Å². The van der Waals surface area contributed by atoms with Crippen molar-refractivity contribution in [2.24, 2.45) is 0 Å². The molecule has 7 nitrogen and oxygen atoms in total. The molecule has 1 aromatic heterocycles. The second-order valence-corrected chi connectivity index (χ2v) is 5.91. The van der Waals surface area contributed by atoms with Gasteiger partial charge < -0.3 is 24.8 Å². The van der Waals surface area contributed by atoms with Crippen molar-refractivity contribution in [1.82, 2.24) is 4.98 Å². The molecule has 0 unspecified atom stereocenters. The number of hydrogen-bond acceptors (Lipinski definition) is 6. The van der Waals surface area contributed by atoms with Crippen LogP contribution in [0, 0.1) is 5.82 Å². The molecular weight excluding hydrogens is 377 g/mol. The molecule has 2 aromatic carbocycles. The first-order valence-corrected chi connectivity index (χ1v) is 8.64. The highest BCUT2D eigenvalue weighted by molar-refractivity contribution is 6.04. The van der Waals surface area contributed by atoms with Crippen LogP contribution in [0.15, 0.2) is 54.7 Å². The molecule has 0 bridgehead atoms. The number of pyridine rings is 1. The van der Waals surface area contributed by atoms with Crippen LogP contribution in [0.25, 0.3) is 0 Å². The number of rotatable bonds is 7. The number of nitrogens with zero attached hydrogens (tertiary/aromatic N) is 1. The van der Waals surface area contributed by atoms with Gasteiger partial charge in [0.25, 0.3) is 5.91 Å². The van der Waals surface area contributed by atoms with E-state index in [0.29, 0.717) is 34.3 Å². The Morgan fingerprint density at radius 3 is 2.21 bits per heavy atom. The summed E-state index contributed by atoms with van der Waals surface area (Å²) >= 11 is 0. The lowest BCUT2D eigenvalue weighted by atomic mass is 10.2. The van der Waals surface area contributed by atoms with Gasteiger partial charge in [-0.2, -0.15) is 0 Å². The standard InChI is InChI=1S/C21H20FN3O4/c1-27-17-10-14(11-18(28-2)20(17)29-3)24-19-9-8-13(12-23-19)21(26)25-16-7-5-4-6-15(16)22/h4-12H,1-3H3,(H,23,24)(H,25,26). The van der Waals surface area contributed by atoms with Crippen molar-refractivity contribution in [2.75, 3.05) is 32.0 Å². The van der Waals surface area contributed by atoms with E-state index in [4.69, 9.17) is 14.2 Å². The van der Waals surface area contributed by atoms with Gasteiger partial charge in [0.15, 0.2) is 11.5 Å². The molecule has 0 fully saturated rings. The van der Waals surface area contributed by atoms with E-state index in [1.54, 1.807) is 36.4 Å². The van der Waals surface area contributed by atoms with Crippen molar-refractivity contribution in [3.8, 4) is 17.2 Å². The summed E-state index contributed by atoms with van der Waals surface area (Å²) in [7, 11) is 4.59. The molecule has 150 valence electrons. The predicted octanol–water partition coefficient (Wildman–Crippen LogP) is 4.24. The Hall–Kier alpha value is -3.81. The first-order valence-electron chi connectivity index (χ1n) is 8.64. The molecule has 2 N–H and O–H groups in total. The number of nitrogens with one attached hydrogen (secondary N) is 2. The minimum absolute atomic E-state index is 0.108. The summed E-state index contributed by atoms with van der Waals surface area (Å²) in [6.07, 6.45) is 1.40. The fourth-order valence-corrected chi connectivity index (χ4v) is 2.66. The predicted molar refractivity (Wildman–Crippen MR) is 108 cm³/mol. The molecule has 0 aliphatic heterocycles. The van der Waals surface area contributed by atoms with Crippen LogP contribution in [0.3, 0.4) is 0 Å². The first-order chi connectivity index (χ1) is 14.0. The third kappa shape index (κ3) is 4.55. The van der Waals surface area contributed by atoms with Crippen LogP contribution in [-0.2, 0) is 0 Å². The Labute approximate surface area is 167 Å². The molecule has 0 spiro atoms. The minimum atomic E-state index is -0.505. The average Bonchev–Trinajstić information content (AvgIpc) is 2.75. The summed E-state index contributed by atoms with van der Waals surface area (Å²) < 4.78 is 29.6. The maximum atomic E-state index is 13.7. The second-order valence-electron chi connectivity index (χ2n) is 5.91. The summed E-state index contributed by atoms with van der Waals surface area (Å²) in [6, 6.07) is 12.7. The number of para-hydroxylation sites is 1. The van der Waals surface area contributed by atoms with Crippen molar-refractivity contribution < 1.29 is 23.4 Å². The van der Waals surface area contributed by atoms with Gasteiger partial charge in [0, 0.05) is 24.0 Å². The lowest BCUT2D eigenvalue weighted by molar-refractivity contribution is 0.102. The Morgan fingerprint density at radius 2 is 1.66 bits per heavy atom. The molecule has 3 aromatic rings. The molecule has 0 aliphatic rings. The van der Waals surface area contributed by atoms with Crippen molar-refractivity contribution in [3.05, 3.63) is 66.1 Å². The van der Waals surface area contributed by atoms with Crippen molar-refractivity contribution >= 4 is 23.1 Å². The lowest BCUT2D eigenvalue weighted by Gasteiger charge is -2.15. The van der Waals surface area contributed by atoms with Crippen LogP contribution >= 0.6 is 0 Å². The highest BCUT2D eigenvalue weighted by atomic mass is 19.1. The molecule has 1 amide bonds. The van der Waals surface area contributed by atoms with E-state index in [1.807, 2.05) is 0 Å². The van der Waals surface area contributed by atoms with Crippen LogP contribution in [-0.4, -0.2) is 32.2 Å². The van der Waals surface area contributed by atoms with Crippen LogP contribution < -0.4 is 24.8 Å². The SMILES string of the molecule is COc1cc(Nc2ccc(C(=O)Nc3ccccc3F)cn2)cc(OC)c1OC. The molecule has 0 aliphatic carbocycles. The zero-order chi connectivity index (χ0) is 20.8. The van der Waals surface area contributed by atoms with E-state index >= 15 is 0 Å². The molecule has 3 rings (SSSR count). The van der Waals surface area contributed by atoms with Gasteiger partial charge in [0.05, 0.1) is 32.6 Å². The van der Waals surface area contributed by atoms with E-state index in [2.05, 4.69) is 15.6 Å². The maximum Gasteiger partial charge on any atom is 0.257 e. The average molecular weight is 397 g/mol. The highest BCUT2D eigenvalue weighted by Crippen LogP contribution is 2.40. The number of ether oxygens (including phenoxy) is 3.